The van der Waals surface area contributed by atoms with Gasteiger partial charge in [0.2, 0.25) is 17.6 Å². The minimum atomic E-state index is -0.288. The van der Waals surface area contributed by atoms with Crippen LogP contribution in [0, 0.1) is 11.7 Å². The lowest BCUT2D eigenvalue weighted by molar-refractivity contribution is -0.138. The van der Waals surface area contributed by atoms with Crippen LogP contribution in [0.4, 0.5) is 4.39 Å². The highest BCUT2D eigenvalue weighted by atomic mass is 19.1. The van der Waals surface area contributed by atoms with Crippen LogP contribution in [0.2, 0.25) is 0 Å². The van der Waals surface area contributed by atoms with Crippen molar-refractivity contribution in [3.8, 4) is 11.4 Å². The average Bonchev–Trinajstić information content (AvgIpc) is 3.18. The van der Waals surface area contributed by atoms with E-state index in [1.165, 1.54) is 18.6 Å². The smallest absolute Gasteiger partial charge is 0.241 e. The van der Waals surface area contributed by atoms with Crippen molar-refractivity contribution in [1.82, 2.24) is 19.9 Å². The Morgan fingerprint density at radius 1 is 1.07 bits per heavy atom. The maximum absolute atomic E-state index is 13.0. The summed E-state index contributed by atoms with van der Waals surface area (Å²) in [4.78, 5) is 21.4. The molecule has 4 rings (SSSR count). The molecule has 27 heavy (non-hydrogen) atoms. The molecule has 0 radical (unpaired) electrons. The Labute approximate surface area is 158 Å². The van der Waals surface area contributed by atoms with Crippen molar-refractivity contribution in [1.29, 1.82) is 0 Å². The molecule has 2 fully saturated rings. The van der Waals surface area contributed by atoms with Crippen molar-refractivity contribution in [3.63, 3.8) is 0 Å². The Balaban J connectivity index is 1.29. The number of amides is 1. The number of benzene rings is 1. The van der Waals surface area contributed by atoms with E-state index in [9.17, 15) is 9.18 Å². The minimum Gasteiger partial charge on any atom is -0.342 e. The second-order valence-corrected chi connectivity index (χ2v) is 7.45. The molecular formula is C20H25FN4O2. The number of carbonyl (C=O) groups excluding carboxylic acids is 1. The number of piperidine rings is 2. The van der Waals surface area contributed by atoms with Crippen LogP contribution in [-0.4, -0.2) is 52.0 Å². The second kappa shape index (κ2) is 8.17. The van der Waals surface area contributed by atoms with Gasteiger partial charge in [-0.25, -0.2) is 4.39 Å². The Morgan fingerprint density at radius 3 is 2.48 bits per heavy atom. The zero-order chi connectivity index (χ0) is 18.6. The van der Waals surface area contributed by atoms with E-state index in [2.05, 4.69) is 19.9 Å². The average molecular weight is 372 g/mol. The van der Waals surface area contributed by atoms with E-state index in [-0.39, 0.29) is 11.7 Å². The van der Waals surface area contributed by atoms with Gasteiger partial charge in [-0.05, 0) is 69.5 Å². The molecule has 0 spiro atoms. The summed E-state index contributed by atoms with van der Waals surface area (Å²) in [5.74, 6) is 1.22. The number of halogens is 1. The molecule has 2 aliphatic rings. The van der Waals surface area contributed by atoms with Gasteiger partial charge in [0.15, 0.2) is 0 Å². The zero-order valence-corrected chi connectivity index (χ0v) is 15.4. The number of rotatable bonds is 4. The summed E-state index contributed by atoms with van der Waals surface area (Å²) in [6.45, 7) is 4.15. The lowest BCUT2D eigenvalue weighted by atomic mass is 9.94. The molecule has 2 aliphatic heterocycles. The number of likely N-dealkylation sites (tertiary alicyclic amines) is 2. The van der Waals surface area contributed by atoms with E-state index < -0.39 is 0 Å². The van der Waals surface area contributed by atoms with Crippen molar-refractivity contribution in [3.05, 3.63) is 36.0 Å². The quantitative estimate of drug-likeness (QED) is 0.825. The van der Waals surface area contributed by atoms with Gasteiger partial charge in [-0.2, -0.15) is 4.98 Å². The van der Waals surface area contributed by atoms with E-state index in [4.69, 9.17) is 4.52 Å². The lowest BCUT2D eigenvalue weighted by Crippen LogP contribution is -2.44. The summed E-state index contributed by atoms with van der Waals surface area (Å²) < 4.78 is 18.4. The summed E-state index contributed by atoms with van der Waals surface area (Å²) in [5.41, 5.74) is 0.734. The third-order valence-electron chi connectivity index (χ3n) is 5.53. The maximum Gasteiger partial charge on any atom is 0.241 e. The first-order valence-corrected chi connectivity index (χ1v) is 9.79. The Hall–Kier alpha value is -2.28. The number of carbonyl (C=O) groups is 1. The molecule has 0 N–H and O–H groups in total. The molecule has 0 aliphatic carbocycles. The first-order chi connectivity index (χ1) is 13.2. The molecule has 0 unspecified atom stereocenters. The first-order valence-electron chi connectivity index (χ1n) is 9.79. The van der Waals surface area contributed by atoms with Crippen LogP contribution in [-0.2, 0) is 11.3 Å². The molecule has 1 aromatic carbocycles. The fourth-order valence-corrected chi connectivity index (χ4v) is 3.94. The lowest BCUT2D eigenvalue weighted by Gasteiger charge is -2.35. The zero-order valence-electron chi connectivity index (χ0n) is 15.4. The predicted molar refractivity (Wildman–Crippen MR) is 98.1 cm³/mol. The van der Waals surface area contributed by atoms with E-state index in [0.717, 1.165) is 57.4 Å². The van der Waals surface area contributed by atoms with Gasteiger partial charge in [0, 0.05) is 24.6 Å². The molecule has 144 valence electrons. The summed E-state index contributed by atoms with van der Waals surface area (Å²) in [7, 11) is 0. The van der Waals surface area contributed by atoms with Gasteiger partial charge in [0.05, 0.1) is 6.54 Å². The molecular weight excluding hydrogens is 347 g/mol. The molecule has 1 amide bonds. The van der Waals surface area contributed by atoms with Crippen LogP contribution in [0.1, 0.15) is 38.0 Å². The largest absolute Gasteiger partial charge is 0.342 e. The van der Waals surface area contributed by atoms with E-state index in [1.54, 1.807) is 12.1 Å². The molecule has 3 heterocycles. The van der Waals surface area contributed by atoms with Gasteiger partial charge in [0.1, 0.15) is 5.82 Å². The number of hydrogen-bond donors (Lipinski definition) is 0. The van der Waals surface area contributed by atoms with Crippen molar-refractivity contribution in [2.45, 2.75) is 38.6 Å². The number of aromatic nitrogens is 2. The Bertz CT molecular complexity index is 763. The highest BCUT2D eigenvalue weighted by molar-refractivity contribution is 5.79. The van der Waals surface area contributed by atoms with Gasteiger partial charge in [-0.1, -0.05) is 5.16 Å². The molecule has 1 aromatic heterocycles. The monoisotopic (exact) mass is 372 g/mol. The van der Waals surface area contributed by atoms with E-state index >= 15 is 0 Å². The van der Waals surface area contributed by atoms with Gasteiger partial charge in [-0.3, -0.25) is 9.69 Å². The van der Waals surface area contributed by atoms with E-state index in [1.807, 2.05) is 0 Å². The topological polar surface area (TPSA) is 62.5 Å². The summed E-state index contributed by atoms with van der Waals surface area (Å²) >= 11 is 0. The SMILES string of the molecule is O=C(C1CCN(Cc2nc(-c3ccc(F)cc3)no2)CC1)N1CCCCC1. The molecule has 2 aromatic rings. The maximum atomic E-state index is 13.0. The third kappa shape index (κ3) is 4.35. The second-order valence-electron chi connectivity index (χ2n) is 7.45. The standard InChI is InChI=1S/C20H25FN4O2/c21-17-6-4-15(5-7-17)19-22-18(27-23-19)14-24-12-8-16(9-13-24)20(26)25-10-2-1-3-11-25/h4-7,16H,1-3,8-14H2. The fourth-order valence-electron chi connectivity index (χ4n) is 3.94. The van der Waals surface area contributed by atoms with Gasteiger partial charge in [-0.15, -0.1) is 0 Å². The molecule has 0 atom stereocenters. The minimum absolute atomic E-state index is 0.150. The van der Waals surface area contributed by atoms with Crippen molar-refractivity contribution in [2.75, 3.05) is 26.2 Å². The van der Waals surface area contributed by atoms with Crippen molar-refractivity contribution in [2.24, 2.45) is 5.92 Å². The highest BCUT2D eigenvalue weighted by Gasteiger charge is 2.29. The summed E-state index contributed by atoms with van der Waals surface area (Å²) in [5, 5.41) is 3.99. The molecule has 0 bridgehead atoms. The van der Waals surface area contributed by atoms with Crippen molar-refractivity contribution < 1.29 is 13.7 Å². The highest BCUT2D eigenvalue weighted by Crippen LogP contribution is 2.23. The van der Waals surface area contributed by atoms with Crippen LogP contribution >= 0.6 is 0 Å². The van der Waals surface area contributed by atoms with Crippen molar-refractivity contribution >= 4 is 5.91 Å². The van der Waals surface area contributed by atoms with Gasteiger partial charge >= 0.3 is 0 Å². The third-order valence-corrected chi connectivity index (χ3v) is 5.53. The number of nitrogens with zero attached hydrogens (tertiary/aromatic N) is 4. The van der Waals surface area contributed by atoms with Crippen LogP contribution in [0.25, 0.3) is 11.4 Å². The van der Waals surface area contributed by atoms with E-state index in [0.29, 0.717) is 24.2 Å². The molecule has 2 saturated heterocycles. The van der Waals surface area contributed by atoms with Crippen LogP contribution < -0.4 is 0 Å². The fraction of sp³-hybridized carbons (Fsp3) is 0.550. The summed E-state index contributed by atoms with van der Waals surface area (Å²) in [6, 6.07) is 6.05. The normalized spacial score (nSPS) is 19.4. The van der Waals surface area contributed by atoms with Crippen LogP contribution in [0.15, 0.2) is 28.8 Å². The predicted octanol–water partition coefficient (Wildman–Crippen LogP) is 3.10. The number of hydrogen-bond acceptors (Lipinski definition) is 5. The van der Waals surface area contributed by atoms with Crippen LogP contribution in [0.5, 0.6) is 0 Å². The molecule has 6 nitrogen and oxygen atoms in total. The van der Waals surface area contributed by atoms with Crippen LogP contribution in [0.3, 0.4) is 0 Å². The van der Waals surface area contributed by atoms with Gasteiger partial charge < -0.3 is 9.42 Å². The molecule has 7 heteroatoms. The summed E-state index contributed by atoms with van der Waals surface area (Å²) in [6.07, 6.45) is 5.28. The molecule has 0 saturated carbocycles. The Morgan fingerprint density at radius 2 is 1.78 bits per heavy atom. The first kappa shape index (κ1) is 18.1. The Kier molecular flexibility index (Phi) is 5.48. The van der Waals surface area contributed by atoms with Gasteiger partial charge in [0.25, 0.3) is 0 Å².